The fraction of sp³-hybridized carbons (Fsp3) is 0.440. The van der Waals surface area contributed by atoms with Crippen LogP contribution in [0.4, 0.5) is 13.2 Å². The molecule has 0 amide bonds. The first-order valence-corrected chi connectivity index (χ1v) is 10.5. The lowest BCUT2D eigenvalue weighted by Gasteiger charge is -2.27. The van der Waals surface area contributed by atoms with Gasteiger partial charge in [-0.1, -0.05) is 45.9 Å². The number of hydrogen-bond donors (Lipinski definition) is 1. The van der Waals surface area contributed by atoms with Gasteiger partial charge in [0.25, 0.3) is 0 Å². The predicted octanol–water partition coefficient (Wildman–Crippen LogP) is 6.69. The highest BCUT2D eigenvalue weighted by molar-refractivity contribution is 5.97. The van der Waals surface area contributed by atoms with Crippen LogP contribution in [0.25, 0.3) is 5.70 Å². The maximum absolute atomic E-state index is 13.0. The first kappa shape index (κ1) is 24.6. The molecule has 0 bridgehead atoms. The quantitative estimate of drug-likeness (QED) is 0.480. The summed E-state index contributed by atoms with van der Waals surface area (Å²) < 4.78 is 38.9. The van der Waals surface area contributed by atoms with Crippen molar-refractivity contribution in [2.45, 2.75) is 47.2 Å². The second-order valence-electron chi connectivity index (χ2n) is 8.93. The van der Waals surface area contributed by atoms with Gasteiger partial charge in [0.2, 0.25) is 0 Å². The Balaban J connectivity index is 2.51. The second kappa shape index (κ2) is 10.1. The molecule has 0 fully saturated rings. The minimum atomic E-state index is -4.38. The first-order chi connectivity index (χ1) is 14.5. The minimum Gasteiger partial charge on any atom is -0.388 e. The van der Waals surface area contributed by atoms with Crippen LogP contribution in [0.2, 0.25) is 0 Å². The van der Waals surface area contributed by atoms with Crippen LogP contribution in [0.5, 0.6) is 0 Å². The standard InChI is InChI=1S/C25H32F3N3/c1-7-30-15-21(19-9-8-17(2)22(14-19)31-16-24(3,4)5)23(29-6)18-10-12-20(13-11-18)25(26,27)28/h9-15,17,31H,6-8,16H2,1-5H3/b23-21+,30-15?. The van der Waals surface area contributed by atoms with Crippen molar-refractivity contribution in [3.05, 3.63) is 64.4 Å². The molecule has 1 atom stereocenters. The molecule has 1 aliphatic rings. The van der Waals surface area contributed by atoms with E-state index in [1.165, 1.54) is 12.1 Å². The molecule has 0 radical (unpaired) electrons. The molecule has 0 aromatic heterocycles. The van der Waals surface area contributed by atoms with Gasteiger partial charge in [0.15, 0.2) is 0 Å². The zero-order valence-electron chi connectivity index (χ0n) is 19.0. The van der Waals surface area contributed by atoms with E-state index in [9.17, 15) is 13.2 Å². The Morgan fingerprint density at radius 1 is 1.19 bits per heavy atom. The highest BCUT2D eigenvalue weighted by Crippen LogP contribution is 2.33. The number of nitrogens with zero attached hydrogens (tertiary/aromatic N) is 2. The fourth-order valence-corrected chi connectivity index (χ4v) is 3.18. The normalized spacial score (nSPS) is 18.4. The number of benzene rings is 1. The highest BCUT2D eigenvalue weighted by atomic mass is 19.4. The van der Waals surface area contributed by atoms with Gasteiger partial charge in [-0.05, 0) is 55.2 Å². The van der Waals surface area contributed by atoms with Gasteiger partial charge >= 0.3 is 6.18 Å². The highest BCUT2D eigenvalue weighted by Gasteiger charge is 2.30. The Labute approximate surface area is 183 Å². The Morgan fingerprint density at radius 3 is 2.35 bits per heavy atom. The number of alkyl halides is 3. The van der Waals surface area contributed by atoms with Gasteiger partial charge in [-0.2, -0.15) is 13.2 Å². The second-order valence-corrected chi connectivity index (χ2v) is 8.93. The zero-order valence-corrected chi connectivity index (χ0v) is 19.0. The van der Waals surface area contributed by atoms with Gasteiger partial charge in [0.05, 0.1) is 11.3 Å². The van der Waals surface area contributed by atoms with E-state index in [4.69, 9.17) is 0 Å². The van der Waals surface area contributed by atoms with Gasteiger partial charge in [-0.15, -0.1) is 0 Å². The van der Waals surface area contributed by atoms with Crippen molar-refractivity contribution in [2.24, 2.45) is 21.3 Å². The van der Waals surface area contributed by atoms with Gasteiger partial charge in [0, 0.05) is 36.1 Å². The molecule has 0 saturated carbocycles. The number of nitrogens with one attached hydrogen (secondary N) is 1. The molecule has 168 valence electrons. The van der Waals surface area contributed by atoms with E-state index in [0.717, 1.165) is 41.9 Å². The van der Waals surface area contributed by atoms with Crippen LogP contribution >= 0.6 is 0 Å². The monoisotopic (exact) mass is 431 g/mol. The van der Waals surface area contributed by atoms with Crippen LogP contribution in [0.15, 0.2) is 63.2 Å². The summed E-state index contributed by atoms with van der Waals surface area (Å²) in [5, 5.41) is 3.55. The average Bonchev–Trinajstić information content (AvgIpc) is 2.69. The number of aliphatic imine (C=N–C) groups is 2. The Morgan fingerprint density at radius 2 is 1.84 bits per heavy atom. The number of allylic oxidation sites excluding steroid dienone is 5. The Bertz CT molecular complexity index is 895. The largest absolute Gasteiger partial charge is 0.416 e. The van der Waals surface area contributed by atoms with E-state index < -0.39 is 11.7 Å². The minimum absolute atomic E-state index is 0.137. The van der Waals surface area contributed by atoms with Crippen molar-refractivity contribution in [2.75, 3.05) is 13.1 Å². The molecule has 0 saturated heterocycles. The Kier molecular flexibility index (Phi) is 8.04. The molecule has 2 rings (SSSR count). The molecule has 1 aromatic carbocycles. The maximum atomic E-state index is 13.0. The third kappa shape index (κ3) is 6.94. The van der Waals surface area contributed by atoms with Crippen LogP contribution in [-0.4, -0.2) is 26.0 Å². The number of hydrogen-bond acceptors (Lipinski definition) is 3. The van der Waals surface area contributed by atoms with Crippen molar-refractivity contribution in [1.82, 2.24) is 5.32 Å². The molecule has 3 nitrogen and oxygen atoms in total. The smallest absolute Gasteiger partial charge is 0.388 e. The summed E-state index contributed by atoms with van der Waals surface area (Å²) in [6.45, 7) is 15.7. The van der Waals surface area contributed by atoms with Crippen LogP contribution in [0, 0.1) is 11.3 Å². The molecule has 1 aromatic rings. The zero-order chi connectivity index (χ0) is 23.2. The molecular weight excluding hydrogens is 399 g/mol. The summed E-state index contributed by atoms with van der Waals surface area (Å²) in [6.07, 6.45) is 2.42. The molecule has 6 heteroatoms. The molecule has 1 unspecified atom stereocenters. The molecule has 1 aliphatic carbocycles. The van der Waals surface area contributed by atoms with Crippen LogP contribution in [0.3, 0.4) is 0 Å². The van der Waals surface area contributed by atoms with Crippen molar-refractivity contribution >= 4 is 18.6 Å². The predicted molar refractivity (Wildman–Crippen MR) is 124 cm³/mol. The summed E-state index contributed by atoms with van der Waals surface area (Å²) in [5.74, 6) is 0.349. The molecule has 31 heavy (non-hydrogen) atoms. The van der Waals surface area contributed by atoms with Gasteiger partial charge < -0.3 is 5.32 Å². The summed E-state index contributed by atoms with van der Waals surface area (Å²) >= 11 is 0. The van der Waals surface area contributed by atoms with Gasteiger partial charge in [-0.25, -0.2) is 0 Å². The van der Waals surface area contributed by atoms with E-state index in [-0.39, 0.29) is 5.41 Å². The third-order valence-electron chi connectivity index (χ3n) is 4.97. The lowest BCUT2D eigenvalue weighted by Crippen LogP contribution is -2.29. The van der Waals surface area contributed by atoms with Crippen molar-refractivity contribution in [3.8, 4) is 0 Å². The van der Waals surface area contributed by atoms with E-state index in [1.807, 2.05) is 6.92 Å². The number of halogens is 3. The lowest BCUT2D eigenvalue weighted by atomic mass is 9.88. The average molecular weight is 432 g/mol. The summed E-state index contributed by atoms with van der Waals surface area (Å²) in [5.41, 5.74) is 3.34. The van der Waals surface area contributed by atoms with Crippen LogP contribution in [0.1, 0.15) is 52.2 Å². The summed E-state index contributed by atoms with van der Waals surface area (Å²) in [6, 6.07) is 5.00. The Hall–Kier alpha value is -2.63. The number of rotatable bonds is 7. The SMILES string of the molecule is C=N/C(=C(\C=NCC)C1=CCC(C)C(NCC(C)(C)C)=C1)c1ccc(C(F)(F)F)cc1. The summed E-state index contributed by atoms with van der Waals surface area (Å²) in [4.78, 5) is 8.56. The van der Waals surface area contributed by atoms with E-state index in [0.29, 0.717) is 23.7 Å². The molecular formula is C25H32F3N3. The molecule has 0 aliphatic heterocycles. The van der Waals surface area contributed by atoms with E-state index in [1.54, 1.807) is 6.21 Å². The van der Waals surface area contributed by atoms with E-state index >= 15 is 0 Å². The maximum Gasteiger partial charge on any atom is 0.416 e. The molecule has 1 N–H and O–H groups in total. The van der Waals surface area contributed by atoms with Gasteiger partial charge in [-0.3, -0.25) is 9.98 Å². The van der Waals surface area contributed by atoms with Crippen molar-refractivity contribution in [3.63, 3.8) is 0 Å². The molecule has 0 spiro atoms. The fourth-order valence-electron chi connectivity index (χ4n) is 3.18. The topological polar surface area (TPSA) is 36.8 Å². The first-order valence-electron chi connectivity index (χ1n) is 10.5. The van der Waals surface area contributed by atoms with Crippen LogP contribution in [-0.2, 0) is 6.18 Å². The molecule has 0 heterocycles. The third-order valence-corrected chi connectivity index (χ3v) is 4.97. The van der Waals surface area contributed by atoms with Crippen molar-refractivity contribution < 1.29 is 13.2 Å². The lowest BCUT2D eigenvalue weighted by molar-refractivity contribution is -0.137. The van der Waals surface area contributed by atoms with E-state index in [2.05, 4.69) is 61.9 Å². The van der Waals surface area contributed by atoms with Gasteiger partial charge in [0.1, 0.15) is 0 Å². The van der Waals surface area contributed by atoms with Crippen LogP contribution < -0.4 is 5.32 Å². The van der Waals surface area contributed by atoms with Crippen molar-refractivity contribution in [1.29, 1.82) is 0 Å². The summed E-state index contributed by atoms with van der Waals surface area (Å²) in [7, 11) is 0.